The van der Waals surface area contributed by atoms with Gasteiger partial charge in [-0.1, -0.05) is 0 Å². The first kappa shape index (κ1) is 29.4. The number of aromatic nitrogens is 2. The molecular formula is C25H34N6O8. The van der Waals surface area contributed by atoms with Crippen LogP contribution >= 0.6 is 0 Å². The van der Waals surface area contributed by atoms with E-state index in [-0.39, 0.29) is 43.2 Å². The Hall–Kier alpha value is -4.20. The van der Waals surface area contributed by atoms with Crippen LogP contribution in [0.2, 0.25) is 0 Å². The van der Waals surface area contributed by atoms with E-state index in [4.69, 9.17) is 14.2 Å². The molecule has 2 heterocycles. The minimum absolute atomic E-state index is 0.0000109. The highest BCUT2D eigenvalue weighted by Gasteiger charge is 2.33. The molecule has 0 atom stereocenters. The number of nitrogens with one attached hydrogen (secondary N) is 1. The van der Waals surface area contributed by atoms with Crippen molar-refractivity contribution >= 4 is 29.6 Å². The number of anilines is 1. The summed E-state index contributed by atoms with van der Waals surface area (Å²) in [5.41, 5.74) is -0.532. The molecule has 0 radical (unpaired) electrons. The molecule has 1 aliphatic heterocycles. The molecule has 14 heteroatoms. The van der Waals surface area contributed by atoms with E-state index < -0.39 is 34.3 Å². The van der Waals surface area contributed by atoms with E-state index in [0.29, 0.717) is 24.4 Å². The summed E-state index contributed by atoms with van der Waals surface area (Å²) in [5.74, 6) is -0.582. The van der Waals surface area contributed by atoms with Crippen LogP contribution in [0.3, 0.4) is 0 Å². The van der Waals surface area contributed by atoms with Crippen LogP contribution in [0, 0.1) is 10.1 Å². The summed E-state index contributed by atoms with van der Waals surface area (Å²) in [5, 5.41) is 18.6. The standard InChI is InChI=1S/C25H34N6O8/c1-7-37-24(34)30-19-10-11-29(23(33)39-25(2,3)4)15-18(19)21(27-30)26-22(32)17-9-8-16(14-20(17)31(35)36)38-13-12-28(5)6/h8-9,14H,7,10-13,15H2,1-6H3,(H,26,27,32). The highest BCUT2D eigenvalue weighted by Crippen LogP contribution is 2.30. The molecule has 0 aliphatic carbocycles. The number of hydrogen-bond donors (Lipinski definition) is 1. The quantitative estimate of drug-likeness (QED) is 0.385. The predicted molar refractivity (Wildman–Crippen MR) is 140 cm³/mol. The molecule has 0 saturated carbocycles. The molecule has 1 N–H and O–H groups in total. The molecule has 2 amide bonds. The van der Waals surface area contributed by atoms with E-state index in [2.05, 4.69) is 10.4 Å². The number of likely N-dealkylation sites (N-methyl/N-ethyl adjacent to an activating group) is 1. The third kappa shape index (κ3) is 7.44. The van der Waals surface area contributed by atoms with Crippen LogP contribution in [0.1, 0.15) is 49.3 Å². The Balaban J connectivity index is 1.91. The molecule has 1 aliphatic rings. The molecule has 1 aromatic carbocycles. The summed E-state index contributed by atoms with van der Waals surface area (Å²) in [6.45, 7) is 8.15. The van der Waals surface area contributed by atoms with Crippen molar-refractivity contribution in [3.8, 4) is 5.75 Å². The van der Waals surface area contributed by atoms with Crippen molar-refractivity contribution in [1.82, 2.24) is 19.6 Å². The molecule has 0 fully saturated rings. The maximum absolute atomic E-state index is 13.2. The number of amides is 2. The van der Waals surface area contributed by atoms with Gasteiger partial charge in [-0.05, 0) is 53.9 Å². The van der Waals surface area contributed by atoms with Crippen molar-refractivity contribution in [2.24, 2.45) is 0 Å². The summed E-state index contributed by atoms with van der Waals surface area (Å²) < 4.78 is 17.1. The van der Waals surface area contributed by atoms with Gasteiger partial charge < -0.3 is 29.3 Å². The number of ether oxygens (including phenoxy) is 3. The molecule has 0 saturated heterocycles. The third-order valence-electron chi connectivity index (χ3n) is 5.60. The van der Waals surface area contributed by atoms with E-state index in [0.717, 1.165) is 4.68 Å². The van der Waals surface area contributed by atoms with Crippen molar-refractivity contribution in [2.45, 2.75) is 46.3 Å². The molecule has 14 nitrogen and oxygen atoms in total. The number of benzene rings is 1. The van der Waals surface area contributed by atoms with Crippen molar-refractivity contribution < 1.29 is 33.5 Å². The zero-order valence-electron chi connectivity index (χ0n) is 23.0. The molecule has 0 bridgehead atoms. The van der Waals surface area contributed by atoms with E-state index in [1.54, 1.807) is 27.7 Å². The number of hydrogen-bond acceptors (Lipinski definition) is 10. The SMILES string of the molecule is CCOC(=O)n1nc(NC(=O)c2ccc(OCCN(C)C)cc2[N+](=O)[O-])c2c1CCN(C(=O)OC(C)(C)C)C2. The number of rotatable bonds is 8. The van der Waals surface area contributed by atoms with E-state index in [1.807, 2.05) is 19.0 Å². The Morgan fingerprint density at radius 2 is 1.92 bits per heavy atom. The van der Waals surface area contributed by atoms with Gasteiger partial charge in [-0.25, -0.2) is 9.59 Å². The number of nitrogens with zero attached hydrogens (tertiary/aromatic N) is 5. The molecule has 39 heavy (non-hydrogen) atoms. The third-order valence-corrected chi connectivity index (χ3v) is 5.60. The Kier molecular flexibility index (Phi) is 9.11. The van der Waals surface area contributed by atoms with Gasteiger partial charge in [-0.2, -0.15) is 4.68 Å². The predicted octanol–water partition coefficient (Wildman–Crippen LogP) is 3.28. The molecular weight excluding hydrogens is 512 g/mol. The second-order valence-electron chi connectivity index (χ2n) is 10.1. The topological polar surface area (TPSA) is 158 Å². The van der Waals surface area contributed by atoms with Crippen LogP contribution in [0.25, 0.3) is 0 Å². The lowest BCUT2D eigenvalue weighted by molar-refractivity contribution is -0.385. The summed E-state index contributed by atoms with van der Waals surface area (Å²) in [7, 11) is 3.74. The van der Waals surface area contributed by atoms with Gasteiger partial charge in [-0.15, -0.1) is 5.10 Å². The number of carbonyl (C=O) groups excluding carboxylic acids is 3. The van der Waals surface area contributed by atoms with Crippen molar-refractivity contribution in [3.63, 3.8) is 0 Å². The van der Waals surface area contributed by atoms with Gasteiger partial charge in [0.25, 0.3) is 11.6 Å². The van der Waals surface area contributed by atoms with Gasteiger partial charge in [0.15, 0.2) is 5.82 Å². The zero-order valence-corrected chi connectivity index (χ0v) is 23.0. The number of fused-ring (bicyclic) bond motifs is 1. The van der Waals surface area contributed by atoms with E-state index in [9.17, 15) is 24.5 Å². The first-order valence-corrected chi connectivity index (χ1v) is 12.4. The lowest BCUT2D eigenvalue weighted by Gasteiger charge is -2.30. The maximum atomic E-state index is 13.2. The second-order valence-corrected chi connectivity index (χ2v) is 10.1. The highest BCUT2D eigenvalue weighted by molar-refractivity contribution is 6.07. The first-order chi connectivity index (χ1) is 18.3. The Morgan fingerprint density at radius 1 is 1.21 bits per heavy atom. The number of nitro benzene ring substituents is 1. The summed E-state index contributed by atoms with van der Waals surface area (Å²) in [6.07, 6.45) is -1.06. The van der Waals surface area contributed by atoms with Crippen LogP contribution in [-0.4, -0.2) is 88.6 Å². The molecule has 212 valence electrons. The molecule has 2 aromatic rings. The number of nitro groups is 1. The van der Waals surface area contributed by atoms with Crippen LogP contribution in [-0.2, 0) is 22.4 Å². The van der Waals surface area contributed by atoms with E-state index in [1.165, 1.54) is 23.1 Å². The summed E-state index contributed by atoms with van der Waals surface area (Å²) >= 11 is 0. The molecule has 0 unspecified atom stereocenters. The van der Waals surface area contributed by atoms with Crippen LogP contribution in [0.15, 0.2) is 18.2 Å². The van der Waals surface area contributed by atoms with Crippen LogP contribution < -0.4 is 10.1 Å². The minimum Gasteiger partial charge on any atom is -0.492 e. The minimum atomic E-state index is -0.813. The van der Waals surface area contributed by atoms with Gasteiger partial charge in [0.05, 0.1) is 29.8 Å². The lowest BCUT2D eigenvalue weighted by Crippen LogP contribution is -2.40. The summed E-state index contributed by atoms with van der Waals surface area (Å²) in [4.78, 5) is 52.9. The van der Waals surface area contributed by atoms with E-state index >= 15 is 0 Å². The molecule has 0 spiro atoms. The van der Waals surface area contributed by atoms with Gasteiger partial charge in [0, 0.05) is 25.1 Å². The lowest BCUT2D eigenvalue weighted by atomic mass is 10.1. The average molecular weight is 547 g/mol. The fraction of sp³-hybridized carbons (Fsp3) is 0.520. The monoisotopic (exact) mass is 546 g/mol. The largest absolute Gasteiger partial charge is 0.492 e. The Bertz CT molecular complexity index is 1250. The Labute approximate surface area is 225 Å². The van der Waals surface area contributed by atoms with Gasteiger partial charge in [0.2, 0.25) is 0 Å². The maximum Gasteiger partial charge on any atom is 0.434 e. The normalized spacial score (nSPS) is 13.1. The summed E-state index contributed by atoms with van der Waals surface area (Å²) in [6, 6.07) is 3.94. The fourth-order valence-corrected chi connectivity index (χ4v) is 3.80. The fourth-order valence-electron chi connectivity index (χ4n) is 3.80. The van der Waals surface area contributed by atoms with Crippen LogP contribution in [0.4, 0.5) is 21.1 Å². The number of carbonyl (C=O) groups is 3. The van der Waals surface area contributed by atoms with Crippen molar-refractivity contribution in [3.05, 3.63) is 45.1 Å². The first-order valence-electron chi connectivity index (χ1n) is 12.4. The highest BCUT2D eigenvalue weighted by atomic mass is 16.6. The Morgan fingerprint density at radius 3 is 2.54 bits per heavy atom. The molecule has 1 aromatic heterocycles. The van der Waals surface area contributed by atoms with Gasteiger partial charge >= 0.3 is 12.2 Å². The van der Waals surface area contributed by atoms with Gasteiger partial charge in [-0.3, -0.25) is 14.9 Å². The van der Waals surface area contributed by atoms with Crippen molar-refractivity contribution in [2.75, 3.05) is 45.7 Å². The zero-order chi connectivity index (χ0) is 28.9. The smallest absolute Gasteiger partial charge is 0.434 e. The molecule has 3 rings (SSSR count). The van der Waals surface area contributed by atoms with Crippen molar-refractivity contribution in [1.29, 1.82) is 0 Å². The van der Waals surface area contributed by atoms with Gasteiger partial charge in [0.1, 0.15) is 23.5 Å². The average Bonchev–Trinajstić information content (AvgIpc) is 3.20. The second kappa shape index (κ2) is 12.1. The van der Waals surface area contributed by atoms with Crippen LogP contribution in [0.5, 0.6) is 5.75 Å².